The zero-order valence-corrected chi connectivity index (χ0v) is 10.4. The van der Waals surface area contributed by atoms with Crippen LogP contribution in [0.1, 0.15) is 11.4 Å². The highest BCUT2D eigenvalue weighted by Gasteiger charge is 2.17. The number of imidazole rings is 1. The van der Waals surface area contributed by atoms with E-state index < -0.39 is 10.7 Å². The molecule has 0 saturated heterocycles. The van der Waals surface area contributed by atoms with Gasteiger partial charge in [0.25, 0.3) is 0 Å². The van der Waals surface area contributed by atoms with E-state index >= 15 is 0 Å². The summed E-state index contributed by atoms with van der Waals surface area (Å²) >= 11 is 0. The van der Waals surface area contributed by atoms with Crippen LogP contribution >= 0.6 is 0 Å². The van der Waals surface area contributed by atoms with Crippen molar-refractivity contribution in [2.24, 2.45) is 7.05 Å². The molecular weight excluding hydrogens is 267 g/mol. The van der Waals surface area contributed by atoms with Gasteiger partial charge in [0.05, 0.1) is 12.6 Å². The third-order valence-corrected chi connectivity index (χ3v) is 2.67. The van der Waals surface area contributed by atoms with Gasteiger partial charge in [0.2, 0.25) is 5.82 Å². The molecule has 0 aliphatic heterocycles. The van der Waals surface area contributed by atoms with Crippen LogP contribution in [0.4, 0.5) is 10.2 Å². The number of nitriles is 1. The Morgan fingerprint density at radius 2 is 2.35 bits per heavy atom. The van der Waals surface area contributed by atoms with Crippen LogP contribution in [0.3, 0.4) is 0 Å². The lowest BCUT2D eigenvalue weighted by molar-refractivity contribution is -0.391. The number of aromatic nitrogens is 2. The molecular formula is C12H9FN4O3. The first-order valence-corrected chi connectivity index (χ1v) is 5.50. The summed E-state index contributed by atoms with van der Waals surface area (Å²) in [4.78, 5) is 14.0. The van der Waals surface area contributed by atoms with Crippen LogP contribution in [0.5, 0.6) is 5.75 Å². The standard InChI is InChI=1S/C12H9FN4O3/c1-16-11(15-6-12(16)17(18)19)7-20-10-3-2-9(13)4-8(10)5-14/h2-4,6H,7H2,1H3. The molecule has 0 unspecified atom stereocenters. The second kappa shape index (κ2) is 5.36. The second-order valence-corrected chi connectivity index (χ2v) is 3.89. The molecule has 0 radical (unpaired) electrons. The largest absolute Gasteiger partial charge is 0.482 e. The third kappa shape index (κ3) is 2.56. The summed E-state index contributed by atoms with van der Waals surface area (Å²) in [6.45, 7) is -0.0648. The van der Waals surface area contributed by atoms with E-state index in [9.17, 15) is 14.5 Å². The summed E-state index contributed by atoms with van der Waals surface area (Å²) < 4.78 is 19.6. The maximum atomic E-state index is 13.0. The maximum Gasteiger partial charge on any atom is 0.342 e. The topological polar surface area (TPSA) is 94.0 Å². The summed E-state index contributed by atoms with van der Waals surface area (Å²) in [5, 5.41) is 19.5. The molecule has 0 bridgehead atoms. The van der Waals surface area contributed by atoms with Crippen LogP contribution in [0.25, 0.3) is 0 Å². The molecule has 1 aromatic carbocycles. The number of hydrogen-bond acceptors (Lipinski definition) is 5. The molecule has 7 nitrogen and oxygen atoms in total. The van der Waals surface area contributed by atoms with E-state index in [1.807, 2.05) is 6.07 Å². The Balaban J connectivity index is 2.18. The van der Waals surface area contributed by atoms with Gasteiger partial charge in [0, 0.05) is 0 Å². The zero-order chi connectivity index (χ0) is 14.7. The lowest BCUT2D eigenvalue weighted by Gasteiger charge is -2.06. The van der Waals surface area contributed by atoms with Gasteiger partial charge in [-0.25, -0.2) is 13.9 Å². The third-order valence-electron chi connectivity index (χ3n) is 2.67. The van der Waals surface area contributed by atoms with Gasteiger partial charge in [-0.3, -0.25) is 0 Å². The van der Waals surface area contributed by atoms with E-state index in [4.69, 9.17) is 10.00 Å². The molecule has 0 N–H and O–H groups in total. The molecule has 8 heteroatoms. The quantitative estimate of drug-likeness (QED) is 0.628. The summed E-state index contributed by atoms with van der Waals surface area (Å²) in [7, 11) is 1.49. The Morgan fingerprint density at radius 1 is 1.60 bits per heavy atom. The highest BCUT2D eigenvalue weighted by molar-refractivity contribution is 5.43. The molecule has 0 amide bonds. The van der Waals surface area contributed by atoms with Gasteiger partial charge in [-0.2, -0.15) is 5.26 Å². The minimum absolute atomic E-state index is 0.0497. The molecule has 0 spiro atoms. The van der Waals surface area contributed by atoms with Crippen molar-refractivity contribution in [1.29, 1.82) is 5.26 Å². The Morgan fingerprint density at radius 3 is 2.95 bits per heavy atom. The van der Waals surface area contributed by atoms with Gasteiger partial charge in [-0.1, -0.05) is 0 Å². The molecule has 2 rings (SSSR count). The maximum absolute atomic E-state index is 13.0. The van der Waals surface area contributed by atoms with Gasteiger partial charge < -0.3 is 14.9 Å². The van der Waals surface area contributed by atoms with Crippen LogP contribution < -0.4 is 4.74 Å². The van der Waals surface area contributed by atoms with E-state index in [1.165, 1.54) is 17.7 Å². The zero-order valence-electron chi connectivity index (χ0n) is 10.4. The van der Waals surface area contributed by atoms with Crippen molar-refractivity contribution < 1.29 is 14.1 Å². The molecule has 0 atom stereocenters. The summed E-state index contributed by atoms with van der Waals surface area (Å²) in [5.41, 5.74) is 0.0497. The van der Waals surface area contributed by atoms with Gasteiger partial charge in [0.15, 0.2) is 6.61 Å². The van der Waals surface area contributed by atoms with Crippen molar-refractivity contribution in [3.05, 3.63) is 51.7 Å². The van der Waals surface area contributed by atoms with Crippen LogP contribution in [-0.4, -0.2) is 14.5 Å². The fourth-order valence-corrected chi connectivity index (χ4v) is 1.60. The number of ether oxygens (including phenoxy) is 1. The average molecular weight is 276 g/mol. The minimum Gasteiger partial charge on any atom is -0.482 e. The van der Waals surface area contributed by atoms with Crippen molar-refractivity contribution in [2.75, 3.05) is 0 Å². The molecule has 2 aromatic rings. The van der Waals surface area contributed by atoms with Crippen molar-refractivity contribution in [3.63, 3.8) is 0 Å². The molecule has 1 aromatic heterocycles. The SMILES string of the molecule is Cn1c([N+](=O)[O-])cnc1COc1ccc(F)cc1C#N. The van der Waals surface area contributed by atoms with Gasteiger partial charge >= 0.3 is 5.82 Å². The Kier molecular flexibility index (Phi) is 3.61. The summed E-state index contributed by atoms with van der Waals surface area (Å²) in [6.07, 6.45) is 1.12. The number of rotatable bonds is 4. The smallest absolute Gasteiger partial charge is 0.342 e. The molecule has 0 saturated carbocycles. The predicted molar refractivity (Wildman–Crippen MR) is 65.3 cm³/mol. The second-order valence-electron chi connectivity index (χ2n) is 3.89. The van der Waals surface area contributed by atoms with Crippen LogP contribution in [0, 0.1) is 27.3 Å². The number of benzene rings is 1. The number of nitrogens with zero attached hydrogens (tertiary/aromatic N) is 4. The fraction of sp³-hybridized carbons (Fsp3) is 0.167. The van der Waals surface area contributed by atoms with Crippen LogP contribution in [0.15, 0.2) is 24.4 Å². The first kappa shape index (κ1) is 13.5. The summed E-state index contributed by atoms with van der Waals surface area (Å²) in [5.74, 6) is -0.186. The molecule has 1 heterocycles. The van der Waals surface area contributed by atoms with Crippen molar-refractivity contribution in [1.82, 2.24) is 9.55 Å². The van der Waals surface area contributed by atoms with E-state index in [2.05, 4.69) is 4.98 Å². The Labute approximate surface area is 113 Å². The monoisotopic (exact) mass is 276 g/mol. The summed E-state index contributed by atoms with van der Waals surface area (Å²) in [6, 6.07) is 5.35. The number of nitro groups is 1. The van der Waals surface area contributed by atoms with Crippen molar-refractivity contribution in [2.45, 2.75) is 6.61 Å². The molecule has 0 aliphatic carbocycles. The van der Waals surface area contributed by atoms with Crippen LogP contribution in [-0.2, 0) is 13.7 Å². The van der Waals surface area contributed by atoms with E-state index in [0.29, 0.717) is 5.82 Å². The normalized spacial score (nSPS) is 10.1. The van der Waals surface area contributed by atoms with Gasteiger partial charge in [-0.05, 0) is 23.1 Å². The molecule has 0 fully saturated rings. The van der Waals surface area contributed by atoms with Crippen LogP contribution in [0.2, 0.25) is 0 Å². The molecule has 0 aliphatic rings. The molecule has 102 valence electrons. The van der Waals surface area contributed by atoms with E-state index in [1.54, 1.807) is 0 Å². The fourth-order valence-electron chi connectivity index (χ4n) is 1.60. The average Bonchev–Trinajstić information content (AvgIpc) is 2.78. The highest BCUT2D eigenvalue weighted by Crippen LogP contribution is 2.20. The first-order valence-electron chi connectivity index (χ1n) is 5.50. The Hall–Kier alpha value is -2.95. The minimum atomic E-state index is -0.560. The van der Waals surface area contributed by atoms with Gasteiger partial charge in [0.1, 0.15) is 23.8 Å². The van der Waals surface area contributed by atoms with E-state index in [0.717, 1.165) is 18.3 Å². The first-order chi connectivity index (χ1) is 9.52. The Bertz CT molecular complexity index is 705. The van der Waals surface area contributed by atoms with E-state index in [-0.39, 0.29) is 23.7 Å². The molecule has 20 heavy (non-hydrogen) atoms. The highest BCUT2D eigenvalue weighted by atomic mass is 19.1. The van der Waals surface area contributed by atoms with Crippen molar-refractivity contribution in [3.8, 4) is 11.8 Å². The van der Waals surface area contributed by atoms with Crippen molar-refractivity contribution >= 4 is 5.82 Å². The predicted octanol–water partition coefficient (Wildman–Crippen LogP) is 1.92. The lowest BCUT2D eigenvalue weighted by atomic mass is 10.2. The van der Waals surface area contributed by atoms with Gasteiger partial charge in [-0.15, -0.1) is 0 Å². The number of halogens is 1. The number of hydrogen-bond donors (Lipinski definition) is 0. The lowest BCUT2D eigenvalue weighted by Crippen LogP contribution is -2.06.